The molecule has 1 amide bonds. The summed E-state index contributed by atoms with van der Waals surface area (Å²) in [5.41, 5.74) is 2.74. The van der Waals surface area contributed by atoms with Gasteiger partial charge in [-0.2, -0.15) is 15.4 Å². The van der Waals surface area contributed by atoms with Gasteiger partial charge in [-0.05, 0) is 37.3 Å². The molecule has 0 aliphatic rings. The Hall–Kier alpha value is -3.15. The number of para-hydroxylation sites is 1. The van der Waals surface area contributed by atoms with Crippen LogP contribution in [0.5, 0.6) is 0 Å². The largest absolute Gasteiger partial charge is 0.459 e. The van der Waals surface area contributed by atoms with Crippen molar-refractivity contribution in [1.82, 2.24) is 20.7 Å². The SMILES string of the molecule is C[C@H](NC(=O)c1ccc2n[nH]nc2c1)c1cc2ccccc2o1. The quantitative estimate of drug-likeness (QED) is 0.609. The van der Waals surface area contributed by atoms with Crippen LogP contribution in [0.25, 0.3) is 22.0 Å². The molecule has 4 rings (SSSR count). The molecule has 1 atom stereocenters. The van der Waals surface area contributed by atoms with Gasteiger partial charge in [-0.1, -0.05) is 18.2 Å². The lowest BCUT2D eigenvalue weighted by Gasteiger charge is -2.11. The summed E-state index contributed by atoms with van der Waals surface area (Å²) in [6, 6.07) is 14.7. The van der Waals surface area contributed by atoms with Crippen molar-refractivity contribution in [3.63, 3.8) is 0 Å². The number of furan rings is 1. The summed E-state index contributed by atoms with van der Waals surface area (Å²) in [6.07, 6.45) is 0. The number of nitrogens with zero attached hydrogens (tertiary/aromatic N) is 2. The van der Waals surface area contributed by atoms with Crippen LogP contribution in [-0.4, -0.2) is 21.3 Å². The third kappa shape index (κ3) is 2.44. The second-order valence-electron chi connectivity index (χ2n) is 5.41. The van der Waals surface area contributed by atoms with Crippen LogP contribution >= 0.6 is 0 Å². The molecule has 0 saturated carbocycles. The van der Waals surface area contributed by atoms with Gasteiger partial charge in [-0.25, -0.2) is 0 Å². The Labute approximate surface area is 131 Å². The average Bonchev–Trinajstić information content (AvgIpc) is 3.20. The normalized spacial score (nSPS) is 12.6. The molecule has 0 spiro atoms. The molecule has 114 valence electrons. The highest BCUT2D eigenvalue weighted by Gasteiger charge is 2.16. The van der Waals surface area contributed by atoms with Crippen molar-refractivity contribution in [3.8, 4) is 0 Å². The van der Waals surface area contributed by atoms with Crippen molar-refractivity contribution in [3.05, 3.63) is 59.9 Å². The minimum Gasteiger partial charge on any atom is -0.459 e. The molecule has 6 nitrogen and oxygen atoms in total. The number of H-pyrrole nitrogens is 1. The van der Waals surface area contributed by atoms with Gasteiger partial charge in [-0.15, -0.1) is 0 Å². The minimum atomic E-state index is -0.233. The Morgan fingerprint density at radius 2 is 1.96 bits per heavy atom. The van der Waals surface area contributed by atoms with Crippen molar-refractivity contribution in [1.29, 1.82) is 0 Å². The first-order valence-corrected chi connectivity index (χ1v) is 7.30. The van der Waals surface area contributed by atoms with E-state index in [1.807, 2.05) is 37.3 Å². The number of benzene rings is 2. The molecule has 6 heteroatoms. The lowest BCUT2D eigenvalue weighted by molar-refractivity contribution is 0.0936. The number of aromatic amines is 1. The second kappa shape index (κ2) is 5.24. The van der Waals surface area contributed by atoms with E-state index in [2.05, 4.69) is 20.7 Å². The van der Waals surface area contributed by atoms with E-state index in [0.717, 1.165) is 22.2 Å². The maximum absolute atomic E-state index is 12.4. The van der Waals surface area contributed by atoms with Gasteiger partial charge in [0.1, 0.15) is 22.4 Å². The lowest BCUT2D eigenvalue weighted by atomic mass is 10.1. The standard InChI is InChI=1S/C17H14N4O2/c1-10(16-9-11-4-2-3-5-15(11)23-16)18-17(22)12-6-7-13-14(8-12)20-21-19-13/h2-10H,1H3,(H,18,22)(H,19,20,21)/t10-/m0/s1. The van der Waals surface area contributed by atoms with E-state index < -0.39 is 0 Å². The highest BCUT2D eigenvalue weighted by atomic mass is 16.3. The zero-order valence-corrected chi connectivity index (χ0v) is 12.4. The Bertz CT molecular complexity index is 969. The fourth-order valence-corrected chi connectivity index (χ4v) is 2.55. The van der Waals surface area contributed by atoms with Crippen LogP contribution in [0, 0.1) is 0 Å². The fourth-order valence-electron chi connectivity index (χ4n) is 2.55. The number of aromatic nitrogens is 3. The number of nitrogens with one attached hydrogen (secondary N) is 2. The summed E-state index contributed by atoms with van der Waals surface area (Å²) in [6.45, 7) is 1.89. The molecule has 0 fully saturated rings. The predicted octanol–water partition coefficient (Wildman–Crippen LogP) is 3.20. The first-order chi connectivity index (χ1) is 11.2. The summed E-state index contributed by atoms with van der Waals surface area (Å²) in [5, 5.41) is 14.5. The van der Waals surface area contributed by atoms with Gasteiger partial charge in [0.25, 0.3) is 5.91 Å². The Kier molecular flexibility index (Phi) is 3.08. The Balaban J connectivity index is 1.57. The number of hydrogen-bond acceptors (Lipinski definition) is 4. The molecule has 23 heavy (non-hydrogen) atoms. The number of amides is 1. The predicted molar refractivity (Wildman–Crippen MR) is 86.0 cm³/mol. The third-order valence-electron chi connectivity index (χ3n) is 3.80. The van der Waals surface area contributed by atoms with Gasteiger partial charge in [0, 0.05) is 10.9 Å². The molecule has 4 aromatic rings. The van der Waals surface area contributed by atoms with E-state index in [9.17, 15) is 4.79 Å². The third-order valence-corrected chi connectivity index (χ3v) is 3.80. The van der Waals surface area contributed by atoms with Crippen molar-refractivity contribution < 1.29 is 9.21 Å². The average molecular weight is 306 g/mol. The lowest BCUT2D eigenvalue weighted by Crippen LogP contribution is -2.26. The molecule has 2 aromatic heterocycles. The number of hydrogen-bond donors (Lipinski definition) is 2. The van der Waals surface area contributed by atoms with Crippen LogP contribution < -0.4 is 5.32 Å². The van der Waals surface area contributed by atoms with Crippen molar-refractivity contribution in [2.45, 2.75) is 13.0 Å². The van der Waals surface area contributed by atoms with Gasteiger partial charge in [0.05, 0.1) is 6.04 Å². The maximum atomic E-state index is 12.4. The highest BCUT2D eigenvalue weighted by molar-refractivity contribution is 5.97. The van der Waals surface area contributed by atoms with Gasteiger partial charge in [-0.3, -0.25) is 4.79 Å². The zero-order valence-electron chi connectivity index (χ0n) is 12.4. The molecule has 0 unspecified atom stereocenters. The molecule has 0 saturated heterocycles. The number of carbonyl (C=O) groups excluding carboxylic acids is 1. The van der Waals surface area contributed by atoms with Crippen molar-refractivity contribution in [2.24, 2.45) is 0 Å². The Morgan fingerprint density at radius 3 is 2.83 bits per heavy atom. The van der Waals surface area contributed by atoms with Crippen molar-refractivity contribution in [2.75, 3.05) is 0 Å². The molecule has 2 aromatic carbocycles. The topological polar surface area (TPSA) is 83.8 Å². The molecule has 0 aliphatic heterocycles. The van der Waals surface area contributed by atoms with Crippen LogP contribution in [0.1, 0.15) is 29.1 Å². The van der Waals surface area contributed by atoms with Gasteiger partial charge in [0.15, 0.2) is 0 Å². The molecule has 2 heterocycles. The van der Waals surface area contributed by atoms with E-state index in [4.69, 9.17) is 4.42 Å². The van der Waals surface area contributed by atoms with E-state index in [0.29, 0.717) is 11.1 Å². The van der Waals surface area contributed by atoms with Crippen LogP contribution in [0.15, 0.2) is 52.9 Å². The van der Waals surface area contributed by atoms with Gasteiger partial charge < -0.3 is 9.73 Å². The second-order valence-corrected chi connectivity index (χ2v) is 5.41. The van der Waals surface area contributed by atoms with Crippen LogP contribution in [0.4, 0.5) is 0 Å². The maximum Gasteiger partial charge on any atom is 0.251 e. The summed E-state index contributed by atoms with van der Waals surface area (Å²) in [4.78, 5) is 12.4. The van der Waals surface area contributed by atoms with E-state index >= 15 is 0 Å². The first-order valence-electron chi connectivity index (χ1n) is 7.30. The van der Waals surface area contributed by atoms with Gasteiger partial charge >= 0.3 is 0 Å². The molecule has 2 N–H and O–H groups in total. The minimum absolute atomic E-state index is 0.178. The van der Waals surface area contributed by atoms with Crippen LogP contribution in [0.3, 0.4) is 0 Å². The van der Waals surface area contributed by atoms with Crippen LogP contribution in [0.2, 0.25) is 0 Å². The van der Waals surface area contributed by atoms with Crippen molar-refractivity contribution >= 4 is 27.9 Å². The van der Waals surface area contributed by atoms with Gasteiger partial charge in [0.2, 0.25) is 0 Å². The smallest absolute Gasteiger partial charge is 0.251 e. The number of fused-ring (bicyclic) bond motifs is 2. The molecule has 0 radical (unpaired) electrons. The van der Waals surface area contributed by atoms with E-state index in [-0.39, 0.29) is 11.9 Å². The summed E-state index contributed by atoms with van der Waals surface area (Å²) < 4.78 is 5.78. The molecule has 0 aliphatic carbocycles. The monoisotopic (exact) mass is 306 g/mol. The highest BCUT2D eigenvalue weighted by Crippen LogP contribution is 2.24. The number of rotatable bonds is 3. The first kappa shape index (κ1) is 13.5. The summed E-state index contributed by atoms with van der Waals surface area (Å²) in [7, 11) is 0. The molecular formula is C17H14N4O2. The molecule has 0 bridgehead atoms. The number of carbonyl (C=O) groups is 1. The van der Waals surface area contributed by atoms with E-state index in [1.165, 1.54) is 0 Å². The zero-order chi connectivity index (χ0) is 15.8. The van der Waals surface area contributed by atoms with E-state index in [1.54, 1.807) is 18.2 Å². The molecular weight excluding hydrogens is 292 g/mol. The summed E-state index contributed by atoms with van der Waals surface area (Å²) in [5.74, 6) is 0.546. The summed E-state index contributed by atoms with van der Waals surface area (Å²) >= 11 is 0. The Morgan fingerprint density at radius 1 is 1.13 bits per heavy atom. The van der Waals surface area contributed by atoms with Crippen LogP contribution in [-0.2, 0) is 0 Å². The fraction of sp³-hybridized carbons (Fsp3) is 0.118.